The number of hydrogen-bond donors (Lipinski definition) is 0. The fourth-order valence-corrected chi connectivity index (χ4v) is 1.32. The van der Waals surface area contributed by atoms with E-state index in [1.165, 1.54) is 6.07 Å². The van der Waals surface area contributed by atoms with Crippen LogP contribution in [0.1, 0.15) is 17.6 Å². The Balaban J connectivity index is 3.20. The molecule has 0 amide bonds. The lowest BCUT2D eigenvalue weighted by molar-refractivity contribution is 0.144. The summed E-state index contributed by atoms with van der Waals surface area (Å²) in [5.74, 6) is -1.10. The SMILES string of the molecule is Fc1nccc(CBr)c1C(F)F. The first-order chi connectivity index (χ1) is 5.66. The Kier molecular flexibility index (Phi) is 3.08. The molecule has 0 atom stereocenters. The minimum Gasteiger partial charge on any atom is -0.228 e. The highest BCUT2D eigenvalue weighted by Crippen LogP contribution is 2.25. The summed E-state index contributed by atoms with van der Waals surface area (Å²) in [4.78, 5) is 3.14. The Morgan fingerprint density at radius 3 is 2.58 bits per heavy atom. The average Bonchev–Trinajstić information content (AvgIpc) is 2.03. The van der Waals surface area contributed by atoms with Gasteiger partial charge in [0.25, 0.3) is 6.43 Å². The van der Waals surface area contributed by atoms with Crippen LogP contribution in [0, 0.1) is 5.95 Å². The normalized spacial score (nSPS) is 10.8. The molecule has 0 unspecified atom stereocenters. The minimum absolute atomic E-state index is 0.201. The third-order valence-electron chi connectivity index (χ3n) is 1.39. The molecule has 1 rings (SSSR count). The fourth-order valence-electron chi connectivity index (χ4n) is 0.831. The van der Waals surface area contributed by atoms with Crippen molar-refractivity contribution in [2.75, 3.05) is 0 Å². The van der Waals surface area contributed by atoms with Crippen LogP contribution in [0.2, 0.25) is 0 Å². The van der Waals surface area contributed by atoms with E-state index < -0.39 is 17.9 Å². The molecule has 0 saturated carbocycles. The van der Waals surface area contributed by atoms with Gasteiger partial charge in [0, 0.05) is 11.5 Å². The van der Waals surface area contributed by atoms with E-state index in [9.17, 15) is 13.2 Å². The first kappa shape index (κ1) is 9.51. The molecule has 0 saturated heterocycles. The largest absolute Gasteiger partial charge is 0.268 e. The summed E-state index contributed by atoms with van der Waals surface area (Å²) in [6, 6.07) is 1.36. The number of alkyl halides is 3. The zero-order valence-corrected chi connectivity index (χ0v) is 7.48. The molecule has 1 aromatic rings. The van der Waals surface area contributed by atoms with Crippen molar-refractivity contribution in [3.05, 3.63) is 29.3 Å². The van der Waals surface area contributed by atoms with Gasteiger partial charge in [-0.3, -0.25) is 0 Å². The molecule has 0 N–H and O–H groups in total. The number of hydrogen-bond acceptors (Lipinski definition) is 1. The Morgan fingerprint density at radius 1 is 1.50 bits per heavy atom. The highest BCUT2D eigenvalue weighted by Gasteiger charge is 2.17. The van der Waals surface area contributed by atoms with E-state index in [0.29, 0.717) is 0 Å². The van der Waals surface area contributed by atoms with E-state index in [4.69, 9.17) is 0 Å². The molecule has 0 aliphatic heterocycles. The quantitative estimate of drug-likeness (QED) is 0.571. The second-order valence-corrected chi connectivity index (χ2v) is 2.67. The molecule has 12 heavy (non-hydrogen) atoms. The predicted octanol–water partition coefficient (Wildman–Crippen LogP) is 3.05. The Morgan fingerprint density at radius 2 is 2.17 bits per heavy atom. The van der Waals surface area contributed by atoms with Crippen molar-refractivity contribution in [2.45, 2.75) is 11.8 Å². The molecule has 5 heteroatoms. The molecular weight excluding hydrogens is 235 g/mol. The molecule has 0 spiro atoms. The van der Waals surface area contributed by atoms with Gasteiger partial charge in [-0.2, -0.15) is 4.39 Å². The van der Waals surface area contributed by atoms with Gasteiger partial charge in [0.2, 0.25) is 5.95 Å². The highest BCUT2D eigenvalue weighted by atomic mass is 79.9. The lowest BCUT2D eigenvalue weighted by Crippen LogP contribution is -1.98. The molecule has 0 aliphatic rings. The molecule has 1 heterocycles. The van der Waals surface area contributed by atoms with Crippen LogP contribution in [-0.4, -0.2) is 4.98 Å². The lowest BCUT2D eigenvalue weighted by atomic mass is 10.2. The number of rotatable bonds is 2. The van der Waals surface area contributed by atoms with Gasteiger partial charge < -0.3 is 0 Å². The van der Waals surface area contributed by atoms with Gasteiger partial charge in [-0.25, -0.2) is 13.8 Å². The van der Waals surface area contributed by atoms with Gasteiger partial charge in [-0.1, -0.05) is 15.9 Å². The standard InChI is InChI=1S/C7H5BrF3N/c8-3-4-1-2-12-7(11)5(4)6(9)10/h1-2,6H,3H2. The van der Waals surface area contributed by atoms with Crippen LogP contribution in [-0.2, 0) is 5.33 Å². The molecule has 0 aliphatic carbocycles. The van der Waals surface area contributed by atoms with Crippen LogP contribution in [0.15, 0.2) is 12.3 Å². The van der Waals surface area contributed by atoms with Crippen molar-refractivity contribution in [3.8, 4) is 0 Å². The molecular formula is C7H5BrF3N. The molecule has 0 radical (unpaired) electrons. The summed E-state index contributed by atoms with van der Waals surface area (Å²) in [6.45, 7) is 0. The zero-order valence-electron chi connectivity index (χ0n) is 5.90. The van der Waals surface area contributed by atoms with Gasteiger partial charge in [0.1, 0.15) is 0 Å². The summed E-state index contributed by atoms with van der Waals surface area (Å²) >= 11 is 2.98. The van der Waals surface area contributed by atoms with Gasteiger partial charge in [0.15, 0.2) is 0 Å². The highest BCUT2D eigenvalue weighted by molar-refractivity contribution is 9.08. The first-order valence-corrected chi connectivity index (χ1v) is 4.26. The van der Waals surface area contributed by atoms with Crippen LogP contribution in [0.3, 0.4) is 0 Å². The third-order valence-corrected chi connectivity index (χ3v) is 2.00. The van der Waals surface area contributed by atoms with Gasteiger partial charge in [0.05, 0.1) is 5.56 Å². The first-order valence-electron chi connectivity index (χ1n) is 3.14. The average molecular weight is 240 g/mol. The second kappa shape index (κ2) is 3.89. The van der Waals surface area contributed by atoms with Gasteiger partial charge in [-0.15, -0.1) is 0 Å². The van der Waals surface area contributed by atoms with E-state index in [2.05, 4.69) is 20.9 Å². The number of nitrogens with zero attached hydrogens (tertiary/aromatic N) is 1. The van der Waals surface area contributed by atoms with Crippen molar-refractivity contribution in [1.29, 1.82) is 0 Å². The number of halogens is 4. The number of aromatic nitrogens is 1. The maximum atomic E-state index is 12.7. The second-order valence-electron chi connectivity index (χ2n) is 2.11. The van der Waals surface area contributed by atoms with Crippen LogP contribution in [0.4, 0.5) is 13.2 Å². The van der Waals surface area contributed by atoms with Crippen LogP contribution in [0.25, 0.3) is 0 Å². The lowest BCUT2D eigenvalue weighted by Gasteiger charge is -2.05. The van der Waals surface area contributed by atoms with E-state index in [1.54, 1.807) is 0 Å². The molecule has 0 aromatic carbocycles. The summed E-state index contributed by atoms with van der Waals surface area (Å²) in [5, 5.41) is 0.201. The van der Waals surface area contributed by atoms with Gasteiger partial charge >= 0.3 is 0 Å². The minimum atomic E-state index is -2.81. The molecule has 1 nitrogen and oxygen atoms in total. The van der Waals surface area contributed by atoms with E-state index in [0.717, 1.165) is 6.20 Å². The smallest absolute Gasteiger partial charge is 0.228 e. The predicted molar refractivity (Wildman–Crippen MR) is 41.8 cm³/mol. The third kappa shape index (κ3) is 1.77. The van der Waals surface area contributed by atoms with Crippen molar-refractivity contribution in [1.82, 2.24) is 4.98 Å². The maximum absolute atomic E-state index is 12.7. The zero-order chi connectivity index (χ0) is 9.14. The van der Waals surface area contributed by atoms with Gasteiger partial charge in [-0.05, 0) is 11.6 Å². The monoisotopic (exact) mass is 239 g/mol. The van der Waals surface area contributed by atoms with Crippen LogP contribution in [0.5, 0.6) is 0 Å². The van der Waals surface area contributed by atoms with Crippen molar-refractivity contribution in [2.24, 2.45) is 0 Å². The Hall–Kier alpha value is -0.580. The maximum Gasteiger partial charge on any atom is 0.268 e. The molecule has 0 fully saturated rings. The van der Waals surface area contributed by atoms with Crippen molar-refractivity contribution < 1.29 is 13.2 Å². The van der Waals surface area contributed by atoms with E-state index in [-0.39, 0.29) is 10.9 Å². The Bertz CT molecular complexity index is 277. The number of pyridine rings is 1. The van der Waals surface area contributed by atoms with Crippen LogP contribution >= 0.6 is 15.9 Å². The topological polar surface area (TPSA) is 12.9 Å². The summed E-state index contributed by atoms with van der Waals surface area (Å²) < 4.78 is 37.0. The molecule has 0 bridgehead atoms. The van der Waals surface area contributed by atoms with E-state index >= 15 is 0 Å². The molecule has 1 aromatic heterocycles. The van der Waals surface area contributed by atoms with Crippen molar-refractivity contribution in [3.63, 3.8) is 0 Å². The summed E-state index contributed by atoms with van der Waals surface area (Å²) in [7, 11) is 0. The van der Waals surface area contributed by atoms with Crippen LogP contribution < -0.4 is 0 Å². The molecule has 66 valence electrons. The fraction of sp³-hybridized carbons (Fsp3) is 0.286. The van der Waals surface area contributed by atoms with Crippen molar-refractivity contribution >= 4 is 15.9 Å². The summed E-state index contributed by atoms with van der Waals surface area (Å²) in [5.41, 5.74) is -0.383. The summed E-state index contributed by atoms with van der Waals surface area (Å²) in [6.07, 6.45) is -1.65. The Labute approximate surface area is 75.7 Å². The van der Waals surface area contributed by atoms with E-state index in [1.807, 2.05) is 0 Å².